The predicted molar refractivity (Wildman–Crippen MR) is 31.2 cm³/mol. The van der Waals surface area contributed by atoms with E-state index >= 15 is 0 Å². The lowest BCUT2D eigenvalue weighted by atomic mass is 10.3. The van der Waals surface area contributed by atoms with Crippen LogP contribution in [0.3, 0.4) is 0 Å². The second-order valence-electron chi connectivity index (χ2n) is 2.53. The van der Waals surface area contributed by atoms with E-state index in [2.05, 4.69) is 12.2 Å². The van der Waals surface area contributed by atoms with E-state index in [1.807, 2.05) is 7.05 Å². The van der Waals surface area contributed by atoms with Crippen molar-refractivity contribution in [1.29, 1.82) is 0 Å². The van der Waals surface area contributed by atoms with Crippen LogP contribution >= 0.6 is 0 Å². The fourth-order valence-corrected chi connectivity index (χ4v) is 0.946. The van der Waals surface area contributed by atoms with E-state index in [1.54, 1.807) is 0 Å². The molecule has 0 aromatic heterocycles. The Bertz CT molecular complexity index is 61.2. The van der Waals surface area contributed by atoms with Crippen LogP contribution in [0.5, 0.6) is 0 Å². The Hall–Kier alpha value is -0.0400. The van der Waals surface area contributed by atoms with Crippen molar-refractivity contribution < 1.29 is 0 Å². The zero-order valence-electron chi connectivity index (χ0n) is 5.07. The van der Waals surface area contributed by atoms with E-state index in [0.717, 1.165) is 11.8 Å². The molecule has 0 unspecified atom stereocenters. The van der Waals surface area contributed by atoms with Gasteiger partial charge in [-0.05, 0) is 31.8 Å². The Morgan fingerprint density at radius 3 is 2.43 bits per heavy atom. The van der Waals surface area contributed by atoms with Gasteiger partial charge in [0.2, 0.25) is 0 Å². The van der Waals surface area contributed by atoms with Crippen molar-refractivity contribution in [3.8, 4) is 0 Å². The molecule has 0 heterocycles. The molecule has 1 nitrogen and oxygen atoms in total. The van der Waals surface area contributed by atoms with Crippen LogP contribution in [0.2, 0.25) is 0 Å². The molecule has 1 N–H and O–H groups in total. The summed E-state index contributed by atoms with van der Waals surface area (Å²) in [6.07, 6.45) is 1.45. The lowest BCUT2D eigenvalue weighted by Gasteiger charge is -1.90. The first-order chi connectivity index (χ1) is 3.34. The summed E-state index contributed by atoms with van der Waals surface area (Å²) in [6.45, 7) is 3.53. The number of rotatable bonds is 2. The maximum atomic E-state index is 3.16. The molecule has 2 atom stereocenters. The molecule has 7 heavy (non-hydrogen) atoms. The maximum absolute atomic E-state index is 3.16. The fourth-order valence-electron chi connectivity index (χ4n) is 0.946. The van der Waals surface area contributed by atoms with E-state index in [1.165, 1.54) is 13.0 Å². The van der Waals surface area contributed by atoms with Crippen molar-refractivity contribution in [3.05, 3.63) is 0 Å². The van der Waals surface area contributed by atoms with Crippen LogP contribution in [-0.2, 0) is 0 Å². The topological polar surface area (TPSA) is 12.0 Å². The summed E-state index contributed by atoms with van der Waals surface area (Å²) in [5.41, 5.74) is 0. The third-order valence-electron chi connectivity index (χ3n) is 1.74. The van der Waals surface area contributed by atoms with Gasteiger partial charge in [-0.15, -0.1) is 0 Å². The molecule has 0 radical (unpaired) electrons. The van der Waals surface area contributed by atoms with Gasteiger partial charge in [0.15, 0.2) is 0 Å². The van der Waals surface area contributed by atoms with Gasteiger partial charge < -0.3 is 5.32 Å². The summed E-state index contributed by atoms with van der Waals surface area (Å²) < 4.78 is 0. The number of nitrogens with one attached hydrogen (secondary N) is 1. The molecule has 1 fully saturated rings. The Labute approximate surface area is 45.1 Å². The first kappa shape index (κ1) is 5.10. The van der Waals surface area contributed by atoms with Gasteiger partial charge in [-0.1, -0.05) is 6.92 Å². The van der Waals surface area contributed by atoms with Gasteiger partial charge in [-0.25, -0.2) is 0 Å². The Balaban J connectivity index is 1.98. The third kappa shape index (κ3) is 1.16. The monoisotopic (exact) mass is 99.1 g/mol. The lowest BCUT2D eigenvalue weighted by molar-refractivity contribution is 0.672. The molecule has 1 aliphatic carbocycles. The van der Waals surface area contributed by atoms with Gasteiger partial charge in [0.1, 0.15) is 0 Å². The average molecular weight is 99.2 g/mol. The molecule has 42 valence electrons. The summed E-state index contributed by atoms with van der Waals surface area (Å²) >= 11 is 0. The van der Waals surface area contributed by atoms with E-state index in [4.69, 9.17) is 0 Å². The van der Waals surface area contributed by atoms with Gasteiger partial charge in [-0.2, -0.15) is 0 Å². The number of hydrogen-bond donors (Lipinski definition) is 1. The smallest absolute Gasteiger partial charge is 0.00209 e. The summed E-state index contributed by atoms with van der Waals surface area (Å²) in [5, 5.41) is 3.16. The first-order valence-corrected chi connectivity index (χ1v) is 2.99. The second-order valence-corrected chi connectivity index (χ2v) is 2.53. The van der Waals surface area contributed by atoms with Gasteiger partial charge in [0.25, 0.3) is 0 Å². The van der Waals surface area contributed by atoms with Crippen molar-refractivity contribution >= 4 is 0 Å². The number of hydrogen-bond acceptors (Lipinski definition) is 1. The van der Waals surface area contributed by atoms with E-state index in [-0.39, 0.29) is 0 Å². The molecule has 0 amide bonds. The maximum Gasteiger partial charge on any atom is -0.00209 e. The molecular formula is C6H13N. The van der Waals surface area contributed by atoms with Crippen LogP contribution in [0, 0.1) is 11.8 Å². The minimum atomic E-state index is 1.00. The molecule has 0 aliphatic heterocycles. The summed E-state index contributed by atoms with van der Waals surface area (Å²) in [4.78, 5) is 0. The predicted octanol–water partition coefficient (Wildman–Crippen LogP) is 0.862. The van der Waals surface area contributed by atoms with Crippen molar-refractivity contribution in [2.45, 2.75) is 13.3 Å². The van der Waals surface area contributed by atoms with Crippen molar-refractivity contribution in [2.24, 2.45) is 11.8 Å². The summed E-state index contributed by atoms with van der Waals surface area (Å²) in [7, 11) is 2.02. The fraction of sp³-hybridized carbons (Fsp3) is 1.00. The highest BCUT2D eigenvalue weighted by molar-refractivity contribution is 4.83. The van der Waals surface area contributed by atoms with Crippen LogP contribution in [0.4, 0.5) is 0 Å². The molecule has 0 saturated heterocycles. The van der Waals surface area contributed by atoms with Crippen LogP contribution in [0.1, 0.15) is 13.3 Å². The van der Waals surface area contributed by atoms with E-state index in [9.17, 15) is 0 Å². The minimum absolute atomic E-state index is 1.00. The van der Waals surface area contributed by atoms with Gasteiger partial charge in [0, 0.05) is 0 Å². The van der Waals surface area contributed by atoms with Gasteiger partial charge in [-0.3, -0.25) is 0 Å². The molecule has 0 aromatic carbocycles. The zero-order valence-corrected chi connectivity index (χ0v) is 5.07. The third-order valence-corrected chi connectivity index (χ3v) is 1.74. The highest BCUT2D eigenvalue weighted by Gasteiger charge is 2.30. The normalized spacial score (nSPS) is 38.6. The Morgan fingerprint density at radius 1 is 1.71 bits per heavy atom. The molecular weight excluding hydrogens is 86.1 g/mol. The van der Waals surface area contributed by atoms with Crippen molar-refractivity contribution in [2.75, 3.05) is 13.6 Å². The van der Waals surface area contributed by atoms with E-state index in [0.29, 0.717) is 0 Å². The largest absolute Gasteiger partial charge is 0.319 e. The highest BCUT2D eigenvalue weighted by atomic mass is 14.8. The molecule has 1 aliphatic rings. The van der Waals surface area contributed by atoms with Crippen LogP contribution < -0.4 is 5.32 Å². The zero-order chi connectivity index (χ0) is 5.28. The van der Waals surface area contributed by atoms with Crippen LogP contribution in [0.15, 0.2) is 0 Å². The Morgan fingerprint density at radius 2 is 2.29 bits per heavy atom. The molecule has 1 saturated carbocycles. The van der Waals surface area contributed by atoms with E-state index < -0.39 is 0 Å². The quantitative estimate of drug-likeness (QED) is 0.541. The molecule has 0 aromatic rings. The van der Waals surface area contributed by atoms with Gasteiger partial charge in [0.05, 0.1) is 0 Å². The van der Waals surface area contributed by atoms with Crippen LogP contribution in [-0.4, -0.2) is 13.6 Å². The van der Waals surface area contributed by atoms with Crippen LogP contribution in [0.25, 0.3) is 0 Å². The minimum Gasteiger partial charge on any atom is -0.319 e. The molecule has 1 rings (SSSR count). The van der Waals surface area contributed by atoms with Crippen molar-refractivity contribution in [3.63, 3.8) is 0 Å². The summed E-state index contributed by atoms with van der Waals surface area (Å²) in [6, 6.07) is 0. The summed E-state index contributed by atoms with van der Waals surface area (Å²) in [5.74, 6) is 2.01. The molecule has 0 bridgehead atoms. The SMILES string of the molecule is CNC[C@H]1C[C@H]1C. The molecule has 1 heteroatoms. The standard InChI is InChI=1S/C6H13N/c1-5-3-6(5)4-7-2/h5-7H,3-4H2,1-2H3/t5-,6-/m1/s1. The average Bonchev–Trinajstić information content (AvgIpc) is 2.22. The first-order valence-electron chi connectivity index (χ1n) is 2.99. The van der Waals surface area contributed by atoms with Gasteiger partial charge >= 0.3 is 0 Å². The lowest BCUT2D eigenvalue weighted by Crippen LogP contribution is -2.09. The molecule has 0 spiro atoms. The van der Waals surface area contributed by atoms with Crippen molar-refractivity contribution in [1.82, 2.24) is 5.32 Å². The Kier molecular flexibility index (Phi) is 1.33. The highest BCUT2D eigenvalue weighted by Crippen LogP contribution is 2.36. The second kappa shape index (κ2) is 1.83.